The molecule has 146 valence electrons. The minimum Gasteiger partial charge on any atom is -0.444 e. The molecular formula is C15H30N4O6. The van der Waals surface area contributed by atoms with E-state index in [1.807, 2.05) is 0 Å². The van der Waals surface area contributed by atoms with Crippen LogP contribution in [0.3, 0.4) is 0 Å². The summed E-state index contributed by atoms with van der Waals surface area (Å²) in [7, 11) is 0. The van der Waals surface area contributed by atoms with Crippen LogP contribution in [0, 0.1) is 0 Å². The van der Waals surface area contributed by atoms with E-state index in [2.05, 4.69) is 10.0 Å². The van der Waals surface area contributed by atoms with Crippen molar-refractivity contribution in [3.63, 3.8) is 0 Å². The number of amides is 1. The predicted molar refractivity (Wildman–Crippen MR) is 91.4 cm³/mol. The largest absolute Gasteiger partial charge is 0.444 e. The van der Waals surface area contributed by atoms with Crippen LogP contribution in [0.5, 0.6) is 0 Å². The van der Waals surface area contributed by atoms with Crippen LogP contribution in [0.15, 0.2) is 5.11 Å². The van der Waals surface area contributed by atoms with Gasteiger partial charge < -0.3 is 29.0 Å². The average Bonchev–Trinajstić information content (AvgIpc) is 2.53. The molecule has 0 fully saturated rings. The van der Waals surface area contributed by atoms with Crippen LogP contribution in [-0.4, -0.2) is 87.6 Å². The highest BCUT2D eigenvalue weighted by atomic mass is 16.6. The zero-order chi connectivity index (χ0) is 19.0. The van der Waals surface area contributed by atoms with E-state index in [1.54, 1.807) is 20.8 Å². The third-order valence-electron chi connectivity index (χ3n) is 2.67. The van der Waals surface area contributed by atoms with Gasteiger partial charge in [-0.25, -0.2) is 4.79 Å². The molecule has 0 saturated carbocycles. The number of aliphatic hydroxyl groups is 1. The van der Waals surface area contributed by atoms with E-state index in [4.69, 9.17) is 29.6 Å². The van der Waals surface area contributed by atoms with E-state index in [0.29, 0.717) is 46.1 Å². The standard InChI is InChI=1S/C15H30N4O6/c1-15(2,3)25-14(21)19(5-9-22-8-4-17-18-16)6-10-23-12-13-24-11-7-20/h20H,4-13H2,1-3H3. The van der Waals surface area contributed by atoms with Gasteiger partial charge in [0.25, 0.3) is 0 Å². The van der Waals surface area contributed by atoms with Gasteiger partial charge in [0.15, 0.2) is 0 Å². The number of rotatable bonds is 14. The second kappa shape index (κ2) is 14.7. The molecule has 0 spiro atoms. The molecule has 0 atom stereocenters. The monoisotopic (exact) mass is 362 g/mol. The Hall–Kier alpha value is -1.58. The van der Waals surface area contributed by atoms with E-state index in [-0.39, 0.29) is 19.8 Å². The van der Waals surface area contributed by atoms with Crippen molar-refractivity contribution >= 4 is 6.09 Å². The summed E-state index contributed by atoms with van der Waals surface area (Å²) in [6.45, 7) is 8.31. The fourth-order valence-corrected chi connectivity index (χ4v) is 1.61. The van der Waals surface area contributed by atoms with Gasteiger partial charge in [0.05, 0.1) is 46.2 Å². The van der Waals surface area contributed by atoms with Gasteiger partial charge in [0.2, 0.25) is 0 Å². The number of nitrogens with zero attached hydrogens (tertiary/aromatic N) is 4. The van der Waals surface area contributed by atoms with Gasteiger partial charge in [0.1, 0.15) is 5.60 Å². The van der Waals surface area contributed by atoms with Crippen molar-refractivity contribution in [1.29, 1.82) is 0 Å². The molecule has 1 N–H and O–H groups in total. The fraction of sp³-hybridized carbons (Fsp3) is 0.933. The van der Waals surface area contributed by atoms with Gasteiger partial charge in [-0.05, 0) is 26.3 Å². The molecule has 0 aromatic rings. The van der Waals surface area contributed by atoms with Crippen molar-refractivity contribution in [1.82, 2.24) is 4.90 Å². The first-order valence-corrected chi connectivity index (χ1v) is 8.23. The van der Waals surface area contributed by atoms with E-state index in [0.717, 1.165) is 0 Å². The molecule has 0 aliphatic carbocycles. The molecule has 10 heteroatoms. The smallest absolute Gasteiger partial charge is 0.410 e. The Morgan fingerprint density at radius 2 is 1.60 bits per heavy atom. The van der Waals surface area contributed by atoms with E-state index < -0.39 is 11.7 Å². The lowest BCUT2D eigenvalue weighted by Crippen LogP contribution is -2.40. The number of aliphatic hydroxyl groups excluding tert-OH is 1. The van der Waals surface area contributed by atoms with Crippen LogP contribution in [0.2, 0.25) is 0 Å². The lowest BCUT2D eigenvalue weighted by molar-refractivity contribution is 0.00213. The predicted octanol–water partition coefficient (Wildman–Crippen LogP) is 1.58. The number of ether oxygens (including phenoxy) is 4. The summed E-state index contributed by atoms with van der Waals surface area (Å²) in [5.41, 5.74) is 7.59. The fourth-order valence-electron chi connectivity index (χ4n) is 1.61. The topological polar surface area (TPSA) is 126 Å². The zero-order valence-electron chi connectivity index (χ0n) is 15.3. The summed E-state index contributed by atoms with van der Waals surface area (Å²) in [4.78, 5) is 16.3. The molecule has 0 aliphatic rings. The summed E-state index contributed by atoms with van der Waals surface area (Å²) >= 11 is 0. The van der Waals surface area contributed by atoms with Crippen molar-refractivity contribution in [3.05, 3.63) is 10.4 Å². The van der Waals surface area contributed by atoms with Crippen molar-refractivity contribution in [2.75, 3.05) is 65.9 Å². The highest BCUT2D eigenvalue weighted by Gasteiger charge is 2.21. The minimum absolute atomic E-state index is 0.0217. The molecular weight excluding hydrogens is 332 g/mol. The second-order valence-corrected chi connectivity index (χ2v) is 5.98. The molecule has 0 bridgehead atoms. The number of hydrogen-bond acceptors (Lipinski definition) is 7. The highest BCUT2D eigenvalue weighted by Crippen LogP contribution is 2.09. The van der Waals surface area contributed by atoms with Crippen molar-refractivity contribution in [2.45, 2.75) is 26.4 Å². The van der Waals surface area contributed by atoms with Crippen molar-refractivity contribution < 1.29 is 28.8 Å². The van der Waals surface area contributed by atoms with Crippen LogP contribution in [0.1, 0.15) is 20.8 Å². The summed E-state index contributed by atoms with van der Waals surface area (Å²) in [5, 5.41) is 12.0. The first-order valence-electron chi connectivity index (χ1n) is 8.23. The van der Waals surface area contributed by atoms with Gasteiger partial charge in [-0.3, -0.25) is 0 Å². The Kier molecular flexibility index (Phi) is 13.8. The molecule has 0 aromatic carbocycles. The van der Waals surface area contributed by atoms with Gasteiger partial charge in [0, 0.05) is 24.5 Å². The Bertz CT molecular complexity index is 396. The number of azide groups is 1. The summed E-state index contributed by atoms with van der Waals surface area (Å²) < 4.78 is 21.2. The third-order valence-corrected chi connectivity index (χ3v) is 2.67. The van der Waals surface area contributed by atoms with Crippen LogP contribution in [-0.2, 0) is 18.9 Å². The highest BCUT2D eigenvalue weighted by molar-refractivity contribution is 5.68. The molecule has 25 heavy (non-hydrogen) atoms. The zero-order valence-corrected chi connectivity index (χ0v) is 15.3. The molecule has 0 aliphatic heterocycles. The van der Waals surface area contributed by atoms with Crippen molar-refractivity contribution in [2.24, 2.45) is 5.11 Å². The molecule has 0 saturated heterocycles. The van der Waals surface area contributed by atoms with Crippen LogP contribution in [0.25, 0.3) is 10.4 Å². The molecule has 1 amide bonds. The molecule has 10 nitrogen and oxygen atoms in total. The maximum atomic E-state index is 12.2. The minimum atomic E-state index is -0.587. The normalized spacial score (nSPS) is 11.0. The van der Waals surface area contributed by atoms with Crippen LogP contribution < -0.4 is 0 Å². The Labute approximate surface area is 148 Å². The third kappa shape index (κ3) is 15.7. The molecule has 0 rings (SSSR count). The van der Waals surface area contributed by atoms with Gasteiger partial charge >= 0.3 is 6.09 Å². The molecule has 0 unspecified atom stereocenters. The number of carbonyl (C=O) groups is 1. The lowest BCUT2D eigenvalue weighted by Gasteiger charge is -2.27. The first-order chi connectivity index (χ1) is 11.9. The van der Waals surface area contributed by atoms with E-state index in [1.165, 1.54) is 4.90 Å². The summed E-state index contributed by atoms with van der Waals surface area (Å²) in [6.07, 6.45) is -0.439. The summed E-state index contributed by atoms with van der Waals surface area (Å²) in [6, 6.07) is 0. The average molecular weight is 362 g/mol. The molecule has 0 radical (unpaired) electrons. The number of hydrogen-bond donors (Lipinski definition) is 1. The molecule has 0 heterocycles. The lowest BCUT2D eigenvalue weighted by atomic mass is 10.2. The second-order valence-electron chi connectivity index (χ2n) is 5.98. The quantitative estimate of drug-likeness (QED) is 0.216. The summed E-state index contributed by atoms with van der Waals surface area (Å²) in [5.74, 6) is 0. The van der Waals surface area contributed by atoms with Gasteiger partial charge in [-0.2, -0.15) is 0 Å². The van der Waals surface area contributed by atoms with Gasteiger partial charge in [-0.1, -0.05) is 5.11 Å². The maximum absolute atomic E-state index is 12.2. The SMILES string of the molecule is CC(C)(C)OC(=O)N(CCOCCN=[N+]=[N-])CCOCCOCCO. The first kappa shape index (κ1) is 23.4. The van der Waals surface area contributed by atoms with Crippen molar-refractivity contribution in [3.8, 4) is 0 Å². The number of carbonyl (C=O) groups excluding carboxylic acids is 1. The van der Waals surface area contributed by atoms with Gasteiger partial charge in [-0.15, -0.1) is 0 Å². The van der Waals surface area contributed by atoms with Crippen LogP contribution >= 0.6 is 0 Å². The van der Waals surface area contributed by atoms with E-state index in [9.17, 15) is 4.79 Å². The Balaban J connectivity index is 4.15. The van der Waals surface area contributed by atoms with Crippen LogP contribution in [0.4, 0.5) is 4.79 Å². The maximum Gasteiger partial charge on any atom is 0.410 e. The Morgan fingerprint density at radius 1 is 1.04 bits per heavy atom. The molecule has 0 aromatic heterocycles. The van der Waals surface area contributed by atoms with E-state index >= 15 is 0 Å². The Morgan fingerprint density at radius 3 is 2.12 bits per heavy atom.